The fraction of sp³-hybridized carbons (Fsp3) is 0.564. The number of hydrogen-bond acceptors (Lipinski definition) is 0. The van der Waals surface area contributed by atoms with Gasteiger partial charge in [-0.3, -0.25) is 0 Å². The number of aromatic nitrogens is 1. The van der Waals surface area contributed by atoms with Crippen LogP contribution in [0.25, 0.3) is 22.4 Å². The van der Waals surface area contributed by atoms with Gasteiger partial charge in [-0.1, -0.05) is 94.4 Å². The van der Waals surface area contributed by atoms with Gasteiger partial charge in [0, 0.05) is 17.2 Å². The van der Waals surface area contributed by atoms with Gasteiger partial charge in [-0.25, -0.2) is 4.57 Å². The summed E-state index contributed by atoms with van der Waals surface area (Å²) < 4.78 is 2.34. The van der Waals surface area contributed by atoms with Crippen LogP contribution in [0, 0.1) is 6.92 Å². The van der Waals surface area contributed by atoms with Crippen LogP contribution in [0.3, 0.4) is 0 Å². The van der Waals surface area contributed by atoms with Crippen LogP contribution in [0.1, 0.15) is 135 Å². The minimum atomic E-state index is 0.131. The molecule has 0 saturated carbocycles. The van der Waals surface area contributed by atoms with Crippen molar-refractivity contribution in [1.82, 2.24) is 0 Å². The SMILES string of the molecule is Cc1ccc(-c2c3c(cc4c2C(C)(C)CCC4(C)C)C(C)(C)CCC3(C)C)cc1-c1ccc(C(C)(C)C)c[n+]1C. The first-order valence-corrected chi connectivity index (χ1v) is 15.6. The normalized spacial score (nSPS) is 20.5. The number of nitrogens with zero attached hydrogens (tertiary/aromatic N) is 1. The molecule has 0 bridgehead atoms. The van der Waals surface area contributed by atoms with Gasteiger partial charge in [0.15, 0.2) is 6.20 Å². The number of rotatable bonds is 2. The van der Waals surface area contributed by atoms with Gasteiger partial charge in [-0.05, 0) is 111 Å². The van der Waals surface area contributed by atoms with Crippen molar-refractivity contribution < 1.29 is 4.57 Å². The summed E-state index contributed by atoms with van der Waals surface area (Å²) in [6.07, 6.45) is 7.26. The first kappa shape index (κ1) is 29.1. The molecule has 2 aliphatic rings. The number of pyridine rings is 1. The van der Waals surface area contributed by atoms with E-state index in [4.69, 9.17) is 0 Å². The van der Waals surface area contributed by atoms with E-state index in [0.717, 1.165) is 0 Å². The van der Waals surface area contributed by atoms with Crippen molar-refractivity contribution in [2.75, 3.05) is 0 Å². The molecule has 0 spiro atoms. The van der Waals surface area contributed by atoms with E-state index in [-0.39, 0.29) is 27.1 Å². The predicted molar refractivity (Wildman–Crippen MR) is 172 cm³/mol. The Hall–Kier alpha value is -2.41. The predicted octanol–water partition coefficient (Wildman–Crippen LogP) is 10.1. The smallest absolute Gasteiger partial charge is 0.201 e. The minimum absolute atomic E-state index is 0.131. The van der Waals surface area contributed by atoms with Crippen LogP contribution in [0.2, 0.25) is 0 Å². The fourth-order valence-electron chi connectivity index (χ4n) is 7.60. The van der Waals surface area contributed by atoms with E-state index in [1.54, 1.807) is 27.8 Å². The molecule has 0 atom stereocenters. The molecule has 0 unspecified atom stereocenters. The average molecular weight is 537 g/mol. The van der Waals surface area contributed by atoms with Crippen molar-refractivity contribution >= 4 is 0 Å². The van der Waals surface area contributed by atoms with Gasteiger partial charge in [0.25, 0.3) is 0 Å². The Kier molecular flexibility index (Phi) is 6.58. The lowest BCUT2D eigenvalue weighted by molar-refractivity contribution is -0.661. The lowest BCUT2D eigenvalue weighted by Gasteiger charge is -2.49. The van der Waals surface area contributed by atoms with Crippen molar-refractivity contribution in [1.29, 1.82) is 0 Å². The molecule has 1 nitrogen and oxygen atoms in total. The van der Waals surface area contributed by atoms with E-state index in [0.29, 0.717) is 0 Å². The number of fused-ring (bicyclic) bond motifs is 2. The summed E-state index contributed by atoms with van der Waals surface area (Å²) in [5.41, 5.74) is 15.4. The lowest BCUT2D eigenvalue weighted by atomic mass is 9.55. The van der Waals surface area contributed by atoms with E-state index >= 15 is 0 Å². The molecule has 0 saturated heterocycles. The maximum absolute atomic E-state index is 2.66. The minimum Gasteiger partial charge on any atom is -0.201 e. The summed E-state index contributed by atoms with van der Waals surface area (Å²) in [5.74, 6) is 0. The molecule has 0 radical (unpaired) electrons. The molecule has 0 fully saturated rings. The van der Waals surface area contributed by atoms with Crippen LogP contribution >= 0.6 is 0 Å². The van der Waals surface area contributed by atoms with Crippen LogP contribution in [0.15, 0.2) is 42.6 Å². The molecule has 0 aliphatic heterocycles. The van der Waals surface area contributed by atoms with E-state index < -0.39 is 0 Å². The van der Waals surface area contributed by atoms with E-state index in [1.807, 2.05) is 0 Å². The van der Waals surface area contributed by atoms with Crippen molar-refractivity contribution in [3.63, 3.8) is 0 Å². The van der Waals surface area contributed by atoms with E-state index in [9.17, 15) is 0 Å². The summed E-state index contributed by atoms with van der Waals surface area (Å²) in [6.45, 7) is 29.1. The summed E-state index contributed by atoms with van der Waals surface area (Å²) in [6, 6.07) is 14.6. The molecule has 5 rings (SSSR count). The zero-order valence-corrected chi connectivity index (χ0v) is 27.8. The highest BCUT2D eigenvalue weighted by Gasteiger charge is 2.46. The number of aryl methyl sites for hydroxylation is 2. The monoisotopic (exact) mass is 536 g/mol. The first-order valence-electron chi connectivity index (χ1n) is 15.6. The summed E-state index contributed by atoms with van der Waals surface area (Å²) in [5, 5.41) is 0. The molecule has 2 aliphatic carbocycles. The highest BCUT2D eigenvalue weighted by Crippen LogP contribution is 2.57. The Morgan fingerprint density at radius 2 is 1.15 bits per heavy atom. The molecule has 1 heterocycles. The Labute approximate surface area is 245 Å². The molecular formula is C39H54N+. The largest absolute Gasteiger partial charge is 0.212 e. The average Bonchev–Trinajstić information content (AvgIpc) is 2.84. The molecular weight excluding hydrogens is 482 g/mol. The molecule has 2 aromatic carbocycles. The highest BCUT2D eigenvalue weighted by atomic mass is 14.9. The number of hydrogen-bond donors (Lipinski definition) is 0. The Bertz CT molecular complexity index is 1430. The van der Waals surface area contributed by atoms with Crippen molar-refractivity contribution in [3.8, 4) is 22.4 Å². The Balaban J connectivity index is 1.87. The van der Waals surface area contributed by atoms with Crippen LogP contribution in [-0.2, 0) is 34.1 Å². The molecule has 3 aromatic rings. The summed E-state index contributed by atoms with van der Waals surface area (Å²) in [4.78, 5) is 0. The lowest BCUT2D eigenvalue weighted by Crippen LogP contribution is -2.40. The van der Waals surface area contributed by atoms with Crippen LogP contribution < -0.4 is 4.57 Å². The number of benzene rings is 2. The molecule has 1 aromatic heterocycles. The van der Waals surface area contributed by atoms with Gasteiger partial charge in [0.1, 0.15) is 7.05 Å². The molecule has 1 heteroatoms. The van der Waals surface area contributed by atoms with Crippen molar-refractivity contribution in [3.05, 3.63) is 76.0 Å². The second kappa shape index (κ2) is 9.04. The van der Waals surface area contributed by atoms with Gasteiger partial charge < -0.3 is 0 Å². The van der Waals surface area contributed by atoms with E-state index in [1.165, 1.54) is 53.6 Å². The molecule has 0 amide bonds. The fourth-order valence-corrected chi connectivity index (χ4v) is 7.60. The summed E-state index contributed by atoms with van der Waals surface area (Å²) in [7, 11) is 2.21. The van der Waals surface area contributed by atoms with E-state index in [2.05, 4.69) is 137 Å². The van der Waals surface area contributed by atoms with Crippen molar-refractivity contribution in [2.24, 2.45) is 7.05 Å². The maximum Gasteiger partial charge on any atom is 0.212 e. The molecule has 40 heavy (non-hydrogen) atoms. The van der Waals surface area contributed by atoms with Gasteiger partial charge in [0.2, 0.25) is 5.69 Å². The van der Waals surface area contributed by atoms with Gasteiger partial charge in [-0.15, -0.1) is 0 Å². The topological polar surface area (TPSA) is 3.88 Å². The third-order valence-corrected chi connectivity index (χ3v) is 10.7. The van der Waals surface area contributed by atoms with Crippen LogP contribution in [0.4, 0.5) is 0 Å². The third-order valence-electron chi connectivity index (χ3n) is 10.7. The van der Waals surface area contributed by atoms with Gasteiger partial charge >= 0.3 is 0 Å². The second-order valence-electron chi connectivity index (χ2n) is 16.8. The zero-order chi connectivity index (χ0) is 29.6. The second-order valence-corrected chi connectivity index (χ2v) is 16.8. The highest BCUT2D eigenvalue weighted by molar-refractivity contribution is 5.82. The van der Waals surface area contributed by atoms with Crippen LogP contribution in [-0.4, -0.2) is 0 Å². The maximum atomic E-state index is 2.66. The third kappa shape index (κ3) is 4.66. The zero-order valence-electron chi connectivity index (χ0n) is 27.8. The molecule has 214 valence electrons. The summed E-state index contributed by atoms with van der Waals surface area (Å²) >= 11 is 0. The standard InChI is InChI=1S/C39H54N/c1-25-14-15-26(22-28(25)31-17-16-27(24-40(31)13)35(2,3)4)32-33-29(36(5,6)18-20-38(33,9)10)23-30-34(32)39(11,12)21-19-37(30,7)8/h14-17,22-24H,18-21H2,1-13H3/q+1. The Morgan fingerprint density at radius 1 is 0.650 bits per heavy atom. The molecule has 0 N–H and O–H groups in total. The van der Waals surface area contributed by atoms with Crippen LogP contribution in [0.5, 0.6) is 0 Å². The Morgan fingerprint density at radius 3 is 1.62 bits per heavy atom. The first-order chi connectivity index (χ1) is 18.3. The quantitative estimate of drug-likeness (QED) is 0.287. The van der Waals surface area contributed by atoms with Gasteiger partial charge in [-0.2, -0.15) is 0 Å². The van der Waals surface area contributed by atoms with Gasteiger partial charge in [0.05, 0.1) is 0 Å². The van der Waals surface area contributed by atoms with Crippen molar-refractivity contribution in [2.45, 2.75) is 136 Å².